The fourth-order valence-corrected chi connectivity index (χ4v) is 5.02. The van der Waals surface area contributed by atoms with Crippen molar-refractivity contribution in [2.75, 3.05) is 19.7 Å². The Morgan fingerprint density at radius 3 is 2.60 bits per heavy atom. The molecule has 5 nitrogen and oxygen atoms in total. The summed E-state index contributed by atoms with van der Waals surface area (Å²) < 4.78 is 19.0. The zero-order chi connectivity index (χ0) is 24.4. The van der Waals surface area contributed by atoms with Crippen molar-refractivity contribution < 1.29 is 18.7 Å². The van der Waals surface area contributed by atoms with Crippen LogP contribution in [0.25, 0.3) is 22.6 Å². The van der Waals surface area contributed by atoms with Gasteiger partial charge in [0.1, 0.15) is 5.82 Å². The zero-order valence-electron chi connectivity index (χ0n) is 19.9. The number of piperidine rings is 1. The smallest absolute Gasteiger partial charge is 0.339 e. The van der Waals surface area contributed by atoms with Crippen molar-refractivity contribution in [1.82, 2.24) is 9.88 Å². The molecule has 1 aliphatic heterocycles. The van der Waals surface area contributed by atoms with Crippen LogP contribution in [0.5, 0.6) is 0 Å². The predicted molar refractivity (Wildman–Crippen MR) is 134 cm³/mol. The first kappa shape index (κ1) is 23.2. The molecule has 0 bridgehead atoms. The molecule has 0 unspecified atom stereocenters. The highest BCUT2D eigenvalue weighted by molar-refractivity contribution is 6.07. The summed E-state index contributed by atoms with van der Waals surface area (Å²) >= 11 is 0. The molecule has 1 saturated heterocycles. The maximum Gasteiger partial charge on any atom is 0.339 e. The molecule has 0 saturated carbocycles. The number of hydrogen-bond donors (Lipinski definition) is 0. The van der Waals surface area contributed by atoms with Gasteiger partial charge in [-0.1, -0.05) is 37.3 Å². The number of aromatic nitrogens is 1. The molecule has 6 heteroatoms. The Labute approximate surface area is 204 Å². The first-order valence-electron chi connectivity index (χ1n) is 12.3. The van der Waals surface area contributed by atoms with E-state index in [4.69, 9.17) is 9.72 Å². The van der Waals surface area contributed by atoms with Crippen LogP contribution in [-0.2, 0) is 16.0 Å². The van der Waals surface area contributed by atoms with E-state index in [-0.39, 0.29) is 18.3 Å². The van der Waals surface area contributed by atoms with Crippen LogP contribution >= 0.6 is 0 Å². The molecular weight excluding hydrogens is 443 g/mol. The predicted octanol–water partition coefficient (Wildman–Crippen LogP) is 5.67. The van der Waals surface area contributed by atoms with Gasteiger partial charge in [0.2, 0.25) is 0 Å². The van der Waals surface area contributed by atoms with Crippen LogP contribution in [-0.4, -0.2) is 41.5 Å². The third-order valence-corrected chi connectivity index (χ3v) is 7.05. The lowest BCUT2D eigenvalue weighted by Gasteiger charge is -2.30. The van der Waals surface area contributed by atoms with E-state index < -0.39 is 5.97 Å². The summed E-state index contributed by atoms with van der Waals surface area (Å²) in [7, 11) is 0. The number of allylic oxidation sites excluding steroid dienone is 1. The lowest BCUT2D eigenvalue weighted by molar-refractivity contribution is -0.135. The number of fused-ring (bicyclic) bond motifs is 2. The Morgan fingerprint density at radius 2 is 1.83 bits per heavy atom. The molecule has 0 N–H and O–H groups in total. The zero-order valence-corrected chi connectivity index (χ0v) is 19.9. The van der Waals surface area contributed by atoms with Crippen LogP contribution < -0.4 is 0 Å². The first-order chi connectivity index (χ1) is 17.0. The summed E-state index contributed by atoms with van der Waals surface area (Å²) in [4.78, 5) is 32.8. The Kier molecular flexibility index (Phi) is 6.62. The fourth-order valence-electron chi connectivity index (χ4n) is 5.02. The number of rotatable bonds is 4. The van der Waals surface area contributed by atoms with Crippen LogP contribution in [0.4, 0.5) is 4.39 Å². The number of amides is 1. The number of nitrogens with zero attached hydrogens (tertiary/aromatic N) is 2. The molecule has 2 heterocycles. The van der Waals surface area contributed by atoms with Gasteiger partial charge in [0.15, 0.2) is 6.61 Å². The molecule has 3 aromatic rings. The molecule has 0 spiro atoms. The number of hydrogen-bond acceptors (Lipinski definition) is 4. The van der Waals surface area contributed by atoms with Crippen LogP contribution in [0.3, 0.4) is 0 Å². The average Bonchev–Trinajstić information content (AvgIpc) is 2.87. The molecular formula is C29H29FN2O3. The summed E-state index contributed by atoms with van der Waals surface area (Å²) in [6, 6.07) is 13.9. The highest BCUT2D eigenvalue weighted by Crippen LogP contribution is 2.36. The molecule has 35 heavy (non-hydrogen) atoms. The maximum atomic E-state index is 13.4. The molecule has 1 aromatic heterocycles. The quantitative estimate of drug-likeness (QED) is 0.460. The SMILES string of the molecule is CC1CCN(C(=O)COC(=O)c2c3c(nc4ccccc24)C(=Cc2ccc(F)cc2)CCC3)CC1. The highest BCUT2D eigenvalue weighted by Gasteiger charge is 2.27. The summed E-state index contributed by atoms with van der Waals surface area (Å²) in [6.45, 7) is 3.36. The Balaban J connectivity index is 1.46. The number of carbonyl (C=O) groups excluding carboxylic acids is 2. The normalized spacial score (nSPS) is 17.4. The second-order valence-electron chi connectivity index (χ2n) is 9.55. The lowest BCUT2D eigenvalue weighted by atomic mass is 9.86. The van der Waals surface area contributed by atoms with E-state index in [2.05, 4.69) is 6.92 Å². The molecule has 5 rings (SSSR count). The van der Waals surface area contributed by atoms with Crippen molar-refractivity contribution in [3.8, 4) is 0 Å². The molecule has 1 aliphatic carbocycles. The van der Waals surface area contributed by atoms with Crippen molar-refractivity contribution in [1.29, 1.82) is 0 Å². The van der Waals surface area contributed by atoms with Crippen molar-refractivity contribution in [3.05, 3.63) is 76.7 Å². The Bertz CT molecular complexity index is 1290. The highest BCUT2D eigenvalue weighted by atomic mass is 19.1. The number of ether oxygens (including phenoxy) is 1. The number of halogens is 1. The van der Waals surface area contributed by atoms with Gasteiger partial charge in [0, 0.05) is 18.5 Å². The van der Waals surface area contributed by atoms with Gasteiger partial charge in [0.25, 0.3) is 5.91 Å². The van der Waals surface area contributed by atoms with E-state index in [0.717, 1.165) is 53.5 Å². The second-order valence-corrected chi connectivity index (χ2v) is 9.55. The molecule has 0 atom stereocenters. The van der Waals surface area contributed by atoms with Gasteiger partial charge in [-0.15, -0.1) is 0 Å². The number of carbonyl (C=O) groups is 2. The number of benzene rings is 2. The van der Waals surface area contributed by atoms with Crippen LogP contribution in [0.15, 0.2) is 48.5 Å². The maximum absolute atomic E-state index is 13.4. The largest absolute Gasteiger partial charge is 0.452 e. The van der Waals surface area contributed by atoms with Gasteiger partial charge in [-0.2, -0.15) is 0 Å². The molecule has 1 fully saturated rings. The van der Waals surface area contributed by atoms with Gasteiger partial charge in [0.05, 0.1) is 16.8 Å². The van der Waals surface area contributed by atoms with E-state index >= 15 is 0 Å². The van der Waals surface area contributed by atoms with Crippen LogP contribution in [0.2, 0.25) is 0 Å². The van der Waals surface area contributed by atoms with E-state index in [1.807, 2.05) is 30.3 Å². The summed E-state index contributed by atoms with van der Waals surface area (Å²) in [5.74, 6) is -0.289. The second kappa shape index (κ2) is 9.98. The van der Waals surface area contributed by atoms with Crippen molar-refractivity contribution in [2.24, 2.45) is 5.92 Å². The van der Waals surface area contributed by atoms with E-state index in [9.17, 15) is 14.0 Å². The monoisotopic (exact) mass is 472 g/mol. The van der Waals surface area contributed by atoms with Crippen molar-refractivity contribution in [3.63, 3.8) is 0 Å². The van der Waals surface area contributed by atoms with Gasteiger partial charge >= 0.3 is 5.97 Å². The number of likely N-dealkylation sites (tertiary alicyclic amines) is 1. The van der Waals surface area contributed by atoms with E-state index in [1.165, 1.54) is 12.1 Å². The minimum atomic E-state index is -0.485. The van der Waals surface area contributed by atoms with E-state index in [0.29, 0.717) is 36.5 Å². The third-order valence-electron chi connectivity index (χ3n) is 7.05. The average molecular weight is 473 g/mol. The van der Waals surface area contributed by atoms with Crippen LogP contribution in [0, 0.1) is 11.7 Å². The number of pyridine rings is 1. The Morgan fingerprint density at radius 1 is 1.09 bits per heavy atom. The molecule has 1 amide bonds. The first-order valence-corrected chi connectivity index (χ1v) is 12.3. The van der Waals surface area contributed by atoms with Crippen molar-refractivity contribution >= 4 is 34.4 Å². The summed E-state index contributed by atoms with van der Waals surface area (Å²) in [6.07, 6.45) is 6.35. The molecule has 2 aliphatic rings. The molecule has 0 radical (unpaired) electrons. The van der Waals surface area contributed by atoms with Gasteiger partial charge in [-0.05, 0) is 79.0 Å². The minimum Gasteiger partial charge on any atom is -0.452 e. The molecule has 180 valence electrons. The van der Waals surface area contributed by atoms with E-state index in [1.54, 1.807) is 17.0 Å². The Hall–Kier alpha value is -3.54. The van der Waals surface area contributed by atoms with Crippen LogP contribution in [0.1, 0.15) is 59.8 Å². The van der Waals surface area contributed by atoms with Gasteiger partial charge < -0.3 is 9.64 Å². The van der Waals surface area contributed by atoms with Gasteiger partial charge in [-0.3, -0.25) is 4.79 Å². The van der Waals surface area contributed by atoms with Crippen molar-refractivity contribution in [2.45, 2.75) is 39.0 Å². The lowest BCUT2D eigenvalue weighted by Crippen LogP contribution is -2.40. The van der Waals surface area contributed by atoms with Gasteiger partial charge in [-0.25, -0.2) is 14.2 Å². The number of esters is 1. The number of para-hydroxylation sites is 1. The summed E-state index contributed by atoms with van der Waals surface area (Å²) in [5, 5.41) is 0.735. The fraction of sp³-hybridized carbons (Fsp3) is 0.345. The summed E-state index contributed by atoms with van der Waals surface area (Å²) in [5.41, 5.74) is 4.73. The third kappa shape index (κ3) is 4.97. The topological polar surface area (TPSA) is 59.5 Å². The standard InChI is InChI=1S/C29H29FN2O3/c1-19-13-15-32(16-14-19)26(33)18-35-29(34)27-23-6-2-3-8-25(23)31-28-21(5-4-7-24(27)28)17-20-9-11-22(30)12-10-20/h2-3,6,8-12,17,19H,4-5,7,13-16,18H2,1H3. The minimum absolute atomic E-state index is 0.144. The molecule has 2 aromatic carbocycles.